The smallest absolute Gasteiger partial charge is 0.247 e. The summed E-state index contributed by atoms with van der Waals surface area (Å²) in [6, 6.07) is -0.938. The monoisotopic (exact) mass is 264 g/mol. The minimum Gasteiger partial charge on any atom is -0.342 e. The van der Waals surface area contributed by atoms with E-state index in [2.05, 4.69) is 11.2 Å². The van der Waals surface area contributed by atoms with Gasteiger partial charge in [0.25, 0.3) is 0 Å². The van der Waals surface area contributed by atoms with Crippen molar-refractivity contribution in [2.75, 3.05) is 0 Å². The lowest BCUT2D eigenvalue weighted by Gasteiger charge is -2.47. The van der Waals surface area contributed by atoms with E-state index in [1.807, 2.05) is 34.6 Å². The zero-order valence-corrected chi connectivity index (χ0v) is 12.5. The number of hydrogen-bond acceptors (Lipinski definition) is 2. The zero-order chi connectivity index (χ0) is 14.8. The van der Waals surface area contributed by atoms with Gasteiger partial charge in [0, 0.05) is 0 Å². The maximum absolute atomic E-state index is 12.6. The lowest BCUT2D eigenvalue weighted by atomic mass is 9.89. The molecule has 1 fully saturated rings. The molecular weight excluding hydrogens is 240 g/mol. The first kappa shape index (κ1) is 15.6. The molecule has 4 heteroatoms. The van der Waals surface area contributed by atoms with Crippen molar-refractivity contribution in [3.05, 3.63) is 0 Å². The summed E-state index contributed by atoms with van der Waals surface area (Å²) < 4.78 is 0. The zero-order valence-electron chi connectivity index (χ0n) is 12.5. The second-order valence-electron chi connectivity index (χ2n) is 5.95. The topological polar surface area (TPSA) is 49.4 Å². The standard InChI is InChI=1S/C15H24N2O2/c1-7-9-11-14(19)17(15(5,6)8-2)12(10(3)4)13(18)16-11/h2,10-12H,7,9H2,1,3-6H3,(H,16,18). The Labute approximate surface area is 115 Å². The molecule has 0 radical (unpaired) electrons. The van der Waals surface area contributed by atoms with Gasteiger partial charge in [-0.1, -0.05) is 33.1 Å². The number of terminal acetylenes is 1. The van der Waals surface area contributed by atoms with E-state index in [0.29, 0.717) is 6.42 Å². The molecule has 19 heavy (non-hydrogen) atoms. The van der Waals surface area contributed by atoms with Crippen molar-refractivity contribution >= 4 is 11.8 Å². The van der Waals surface area contributed by atoms with Gasteiger partial charge < -0.3 is 10.2 Å². The lowest BCUT2D eigenvalue weighted by molar-refractivity contribution is -0.156. The van der Waals surface area contributed by atoms with Crippen LogP contribution in [0.4, 0.5) is 0 Å². The van der Waals surface area contributed by atoms with Crippen LogP contribution in [0.15, 0.2) is 0 Å². The Hall–Kier alpha value is -1.50. The number of carbonyl (C=O) groups excluding carboxylic acids is 2. The minimum atomic E-state index is -0.754. The SMILES string of the molecule is C#CC(C)(C)N1C(=O)C(CCC)NC(=O)C1C(C)C. The van der Waals surface area contributed by atoms with Gasteiger partial charge in [0.2, 0.25) is 11.8 Å². The van der Waals surface area contributed by atoms with E-state index in [4.69, 9.17) is 6.42 Å². The summed E-state index contributed by atoms with van der Waals surface area (Å²) in [6.07, 6.45) is 7.04. The third-order valence-corrected chi connectivity index (χ3v) is 3.56. The van der Waals surface area contributed by atoms with Gasteiger partial charge in [0.05, 0.1) is 5.54 Å². The molecule has 0 aromatic rings. The number of carbonyl (C=O) groups is 2. The van der Waals surface area contributed by atoms with Crippen LogP contribution in [0.25, 0.3) is 0 Å². The van der Waals surface area contributed by atoms with E-state index in [-0.39, 0.29) is 17.7 Å². The quantitative estimate of drug-likeness (QED) is 0.783. The van der Waals surface area contributed by atoms with Crippen molar-refractivity contribution in [1.82, 2.24) is 10.2 Å². The molecule has 0 aromatic heterocycles. The van der Waals surface area contributed by atoms with Crippen LogP contribution < -0.4 is 5.32 Å². The van der Waals surface area contributed by atoms with Gasteiger partial charge in [-0.15, -0.1) is 6.42 Å². The van der Waals surface area contributed by atoms with Gasteiger partial charge in [-0.25, -0.2) is 0 Å². The molecule has 1 N–H and O–H groups in total. The number of hydrogen-bond donors (Lipinski definition) is 1. The van der Waals surface area contributed by atoms with Crippen LogP contribution >= 0.6 is 0 Å². The maximum Gasteiger partial charge on any atom is 0.247 e. The molecule has 2 atom stereocenters. The first-order valence-electron chi connectivity index (χ1n) is 6.87. The van der Waals surface area contributed by atoms with E-state index in [1.54, 1.807) is 4.90 Å². The van der Waals surface area contributed by atoms with Crippen LogP contribution in [-0.2, 0) is 9.59 Å². The minimum absolute atomic E-state index is 0.0270. The number of amides is 2. The van der Waals surface area contributed by atoms with Crippen LogP contribution in [-0.4, -0.2) is 34.3 Å². The van der Waals surface area contributed by atoms with E-state index >= 15 is 0 Å². The molecule has 2 unspecified atom stereocenters. The van der Waals surface area contributed by atoms with Gasteiger partial charge in [-0.05, 0) is 26.2 Å². The number of nitrogens with zero attached hydrogens (tertiary/aromatic N) is 1. The summed E-state index contributed by atoms with van der Waals surface area (Å²) in [5.74, 6) is 2.49. The second-order valence-corrected chi connectivity index (χ2v) is 5.95. The third kappa shape index (κ3) is 2.91. The molecule has 106 valence electrons. The first-order chi connectivity index (χ1) is 8.76. The van der Waals surface area contributed by atoms with E-state index < -0.39 is 17.6 Å². The van der Waals surface area contributed by atoms with Crippen LogP contribution in [0.5, 0.6) is 0 Å². The Balaban J connectivity index is 3.19. The first-order valence-corrected chi connectivity index (χ1v) is 6.87. The molecule has 0 bridgehead atoms. The fourth-order valence-corrected chi connectivity index (χ4v) is 2.52. The Morgan fingerprint density at radius 3 is 2.42 bits per heavy atom. The summed E-state index contributed by atoms with van der Waals surface area (Å²) >= 11 is 0. The predicted octanol–water partition coefficient (Wildman–Crippen LogP) is 1.55. The van der Waals surface area contributed by atoms with Crippen molar-refractivity contribution in [2.24, 2.45) is 5.92 Å². The second kappa shape index (κ2) is 5.64. The molecule has 0 aromatic carbocycles. The van der Waals surface area contributed by atoms with E-state index in [9.17, 15) is 9.59 Å². The van der Waals surface area contributed by atoms with Gasteiger partial charge in [-0.2, -0.15) is 0 Å². The molecule has 1 aliphatic heterocycles. The largest absolute Gasteiger partial charge is 0.342 e. The highest BCUT2D eigenvalue weighted by atomic mass is 16.2. The van der Waals surface area contributed by atoms with Crippen molar-refractivity contribution in [2.45, 2.75) is 65.1 Å². The van der Waals surface area contributed by atoms with Gasteiger partial charge in [0.1, 0.15) is 12.1 Å². The highest BCUT2D eigenvalue weighted by Crippen LogP contribution is 2.27. The predicted molar refractivity (Wildman–Crippen MR) is 75.2 cm³/mol. The van der Waals surface area contributed by atoms with Crippen LogP contribution in [0.2, 0.25) is 0 Å². The van der Waals surface area contributed by atoms with Crippen LogP contribution in [0.3, 0.4) is 0 Å². The molecule has 1 heterocycles. The molecule has 0 spiro atoms. The number of piperazine rings is 1. The van der Waals surface area contributed by atoms with E-state index in [1.165, 1.54) is 0 Å². The summed E-state index contributed by atoms with van der Waals surface area (Å²) in [7, 11) is 0. The number of rotatable bonds is 4. The summed E-state index contributed by atoms with van der Waals surface area (Å²) in [5, 5.41) is 2.83. The van der Waals surface area contributed by atoms with Gasteiger partial charge >= 0.3 is 0 Å². The Morgan fingerprint density at radius 1 is 1.42 bits per heavy atom. The maximum atomic E-state index is 12.6. The summed E-state index contributed by atoms with van der Waals surface area (Å²) in [6.45, 7) is 9.46. The van der Waals surface area contributed by atoms with Crippen molar-refractivity contribution < 1.29 is 9.59 Å². The van der Waals surface area contributed by atoms with Crippen molar-refractivity contribution in [3.8, 4) is 12.3 Å². The normalized spacial score (nSPS) is 24.4. The Bertz CT molecular complexity index is 407. The number of nitrogens with one attached hydrogen (secondary N) is 1. The molecule has 2 amide bonds. The molecule has 4 nitrogen and oxygen atoms in total. The lowest BCUT2D eigenvalue weighted by Crippen LogP contribution is -2.69. The van der Waals surface area contributed by atoms with Gasteiger partial charge in [0.15, 0.2) is 0 Å². The molecule has 1 aliphatic rings. The van der Waals surface area contributed by atoms with Crippen LogP contribution in [0.1, 0.15) is 47.5 Å². The molecule has 1 rings (SSSR count). The summed E-state index contributed by atoms with van der Waals surface area (Å²) in [5.41, 5.74) is -0.754. The van der Waals surface area contributed by atoms with Crippen molar-refractivity contribution in [3.63, 3.8) is 0 Å². The summed E-state index contributed by atoms with van der Waals surface area (Å²) in [4.78, 5) is 26.5. The van der Waals surface area contributed by atoms with Gasteiger partial charge in [-0.3, -0.25) is 9.59 Å². The van der Waals surface area contributed by atoms with Crippen LogP contribution in [0, 0.1) is 18.3 Å². The molecular formula is C15H24N2O2. The Morgan fingerprint density at radius 2 is 2.00 bits per heavy atom. The fraction of sp³-hybridized carbons (Fsp3) is 0.733. The highest BCUT2D eigenvalue weighted by Gasteiger charge is 2.47. The average Bonchev–Trinajstić information content (AvgIpc) is 2.32. The molecule has 0 saturated carbocycles. The highest BCUT2D eigenvalue weighted by molar-refractivity contribution is 5.97. The fourth-order valence-electron chi connectivity index (χ4n) is 2.52. The molecule has 1 saturated heterocycles. The van der Waals surface area contributed by atoms with Crippen molar-refractivity contribution in [1.29, 1.82) is 0 Å². The molecule has 0 aliphatic carbocycles. The Kier molecular flexibility index (Phi) is 4.62. The average molecular weight is 264 g/mol. The third-order valence-electron chi connectivity index (χ3n) is 3.56. The van der Waals surface area contributed by atoms with E-state index in [0.717, 1.165) is 6.42 Å².